The lowest BCUT2D eigenvalue weighted by molar-refractivity contribution is 0.0945. The Kier molecular flexibility index (Phi) is 5.70. The summed E-state index contributed by atoms with van der Waals surface area (Å²) in [6.07, 6.45) is 5.43. The fourth-order valence-corrected chi connectivity index (χ4v) is 4.06. The van der Waals surface area contributed by atoms with E-state index in [2.05, 4.69) is 26.4 Å². The number of amides is 1. The largest absolute Gasteiger partial charge is 0.329 e. The van der Waals surface area contributed by atoms with Crippen molar-refractivity contribution < 1.29 is 9.18 Å². The van der Waals surface area contributed by atoms with Gasteiger partial charge in [0.2, 0.25) is 0 Å². The van der Waals surface area contributed by atoms with Crippen LogP contribution in [0.15, 0.2) is 42.7 Å². The molecule has 1 aliphatic carbocycles. The number of aromatic nitrogens is 5. The van der Waals surface area contributed by atoms with Gasteiger partial charge < -0.3 is 5.32 Å². The van der Waals surface area contributed by atoms with Crippen LogP contribution in [0, 0.1) is 12.7 Å². The fourth-order valence-electron chi connectivity index (χ4n) is 3.89. The highest BCUT2D eigenvalue weighted by Gasteiger charge is 2.28. The van der Waals surface area contributed by atoms with Crippen molar-refractivity contribution in [2.45, 2.75) is 32.2 Å². The highest BCUT2D eigenvalue weighted by atomic mass is 32.1. The minimum Gasteiger partial charge on any atom is -0.329 e. The first-order chi connectivity index (χ1) is 16.4. The van der Waals surface area contributed by atoms with Gasteiger partial charge in [0, 0.05) is 30.4 Å². The maximum absolute atomic E-state index is 13.9. The molecule has 1 aliphatic rings. The Labute approximate surface area is 200 Å². The Bertz CT molecular complexity index is 1410. The Morgan fingerprint density at radius 1 is 1.26 bits per heavy atom. The number of thiocarbonyl (C=S) groups is 1. The minimum absolute atomic E-state index is 0.189. The first-order valence-corrected chi connectivity index (χ1v) is 11.3. The average molecular weight is 479 g/mol. The predicted molar refractivity (Wildman–Crippen MR) is 130 cm³/mol. The van der Waals surface area contributed by atoms with E-state index in [-0.39, 0.29) is 23.4 Å². The van der Waals surface area contributed by atoms with Crippen LogP contribution in [0.25, 0.3) is 11.0 Å². The molecule has 0 spiro atoms. The molecule has 0 radical (unpaired) electrons. The van der Waals surface area contributed by atoms with Crippen molar-refractivity contribution >= 4 is 40.0 Å². The number of hydrogen-bond donors (Lipinski definition) is 3. The molecular weight excluding hydrogens is 455 g/mol. The number of fused-ring (bicyclic) bond motifs is 1. The van der Waals surface area contributed by atoms with Gasteiger partial charge in [-0.3, -0.25) is 25.0 Å². The summed E-state index contributed by atoms with van der Waals surface area (Å²) in [6, 6.07) is 8.39. The summed E-state index contributed by atoms with van der Waals surface area (Å²) in [7, 11) is 1.82. The van der Waals surface area contributed by atoms with E-state index in [1.54, 1.807) is 40.0 Å². The molecule has 1 amide bonds. The smallest absolute Gasteiger partial charge is 0.270 e. The second-order valence-electron chi connectivity index (χ2n) is 8.33. The molecule has 4 aromatic rings. The van der Waals surface area contributed by atoms with E-state index >= 15 is 0 Å². The summed E-state index contributed by atoms with van der Waals surface area (Å²) >= 11 is 5.30. The number of benzene rings is 1. The van der Waals surface area contributed by atoms with Gasteiger partial charge in [-0.2, -0.15) is 10.2 Å². The molecule has 3 N–H and O–H groups in total. The van der Waals surface area contributed by atoms with Gasteiger partial charge in [-0.25, -0.2) is 9.37 Å². The molecule has 174 valence electrons. The molecule has 0 aliphatic heterocycles. The monoisotopic (exact) mass is 478 g/mol. The zero-order chi connectivity index (χ0) is 23.8. The van der Waals surface area contributed by atoms with Crippen molar-refractivity contribution in [3.05, 3.63) is 71.1 Å². The summed E-state index contributed by atoms with van der Waals surface area (Å²) in [6.45, 7) is 2.15. The molecule has 3 heterocycles. The van der Waals surface area contributed by atoms with Gasteiger partial charge in [-0.1, -0.05) is 18.2 Å². The minimum atomic E-state index is -0.329. The number of halogens is 1. The molecule has 3 aromatic heterocycles. The molecular formula is C23H23FN8OS. The van der Waals surface area contributed by atoms with Crippen molar-refractivity contribution in [1.82, 2.24) is 35.4 Å². The summed E-state index contributed by atoms with van der Waals surface area (Å²) in [5.74, 6) is -0.223. The van der Waals surface area contributed by atoms with Crippen LogP contribution < -0.4 is 16.2 Å². The number of pyridine rings is 1. The van der Waals surface area contributed by atoms with Crippen LogP contribution >= 0.6 is 12.2 Å². The molecule has 34 heavy (non-hydrogen) atoms. The predicted octanol–water partition coefficient (Wildman–Crippen LogP) is 3.17. The maximum Gasteiger partial charge on any atom is 0.270 e. The standard InChI is InChI=1S/C23H23FN8OS/c1-13-20-17(9-19(14-7-8-14)27-21(20)31(2)30-13)22(33)28-29-23(34)26-16-10-25-32(12-16)11-15-5-3-4-6-18(15)24/h3-6,9-10,12,14H,7-8,11H2,1-2H3,(H,28,33)(H2,26,29,34). The highest BCUT2D eigenvalue weighted by molar-refractivity contribution is 7.80. The van der Waals surface area contributed by atoms with Crippen molar-refractivity contribution in [2.75, 3.05) is 5.32 Å². The van der Waals surface area contributed by atoms with E-state index in [4.69, 9.17) is 17.2 Å². The number of nitrogens with zero attached hydrogens (tertiary/aromatic N) is 5. The molecule has 0 saturated heterocycles. The quantitative estimate of drug-likeness (QED) is 0.299. The zero-order valence-corrected chi connectivity index (χ0v) is 19.5. The maximum atomic E-state index is 13.9. The third-order valence-corrected chi connectivity index (χ3v) is 5.90. The van der Waals surface area contributed by atoms with Crippen LogP contribution in [0.1, 0.15) is 46.1 Å². The number of carbonyl (C=O) groups excluding carboxylic acids is 1. The Morgan fingerprint density at radius 2 is 2.06 bits per heavy atom. The Hall–Kier alpha value is -3.86. The highest BCUT2D eigenvalue weighted by Crippen LogP contribution is 2.40. The fraction of sp³-hybridized carbons (Fsp3) is 0.261. The molecule has 0 unspecified atom stereocenters. The van der Waals surface area contributed by atoms with E-state index in [1.165, 1.54) is 6.07 Å². The van der Waals surface area contributed by atoms with Gasteiger partial charge in [-0.05, 0) is 44.1 Å². The van der Waals surface area contributed by atoms with Crippen LogP contribution in [0.2, 0.25) is 0 Å². The van der Waals surface area contributed by atoms with E-state index in [1.807, 2.05) is 20.0 Å². The summed E-state index contributed by atoms with van der Waals surface area (Å²) in [5.41, 5.74) is 9.36. The zero-order valence-electron chi connectivity index (χ0n) is 18.7. The normalized spacial score (nSPS) is 13.1. The van der Waals surface area contributed by atoms with E-state index in [0.717, 1.165) is 29.6 Å². The lowest BCUT2D eigenvalue weighted by atomic mass is 10.1. The molecule has 1 saturated carbocycles. The molecule has 1 fully saturated rings. The van der Waals surface area contributed by atoms with Gasteiger partial charge in [0.05, 0.1) is 35.1 Å². The van der Waals surface area contributed by atoms with Crippen LogP contribution in [0.3, 0.4) is 0 Å². The molecule has 0 bridgehead atoms. The van der Waals surface area contributed by atoms with Gasteiger partial charge >= 0.3 is 0 Å². The number of nitrogens with one attached hydrogen (secondary N) is 3. The Balaban J connectivity index is 1.24. The number of carbonyl (C=O) groups is 1. The van der Waals surface area contributed by atoms with Crippen molar-refractivity contribution in [2.24, 2.45) is 7.05 Å². The second kappa shape index (κ2) is 8.82. The number of aryl methyl sites for hydroxylation is 2. The number of anilines is 1. The Morgan fingerprint density at radius 3 is 2.82 bits per heavy atom. The summed E-state index contributed by atoms with van der Waals surface area (Å²) in [5, 5.41) is 12.5. The van der Waals surface area contributed by atoms with Crippen LogP contribution in [0.4, 0.5) is 10.1 Å². The van der Waals surface area contributed by atoms with Gasteiger partial charge in [-0.15, -0.1) is 0 Å². The third kappa shape index (κ3) is 4.46. The molecule has 1 aromatic carbocycles. The first kappa shape index (κ1) is 22.0. The van der Waals surface area contributed by atoms with Gasteiger partial charge in [0.25, 0.3) is 5.91 Å². The van der Waals surface area contributed by atoms with E-state index in [0.29, 0.717) is 28.4 Å². The first-order valence-electron chi connectivity index (χ1n) is 10.9. The van der Waals surface area contributed by atoms with Crippen molar-refractivity contribution in [1.29, 1.82) is 0 Å². The SMILES string of the molecule is Cc1nn(C)c2nc(C3CC3)cc(C(=O)NNC(=S)Nc3cnn(Cc4ccccc4F)c3)c12. The summed E-state index contributed by atoms with van der Waals surface area (Å²) in [4.78, 5) is 17.8. The molecule has 11 heteroatoms. The van der Waals surface area contributed by atoms with Crippen molar-refractivity contribution in [3.8, 4) is 0 Å². The average Bonchev–Trinajstić information content (AvgIpc) is 3.52. The van der Waals surface area contributed by atoms with E-state index < -0.39 is 0 Å². The number of hydrogen-bond acceptors (Lipinski definition) is 5. The van der Waals surface area contributed by atoms with Crippen LogP contribution in [-0.4, -0.2) is 35.6 Å². The van der Waals surface area contributed by atoms with Crippen LogP contribution in [-0.2, 0) is 13.6 Å². The summed E-state index contributed by atoms with van der Waals surface area (Å²) < 4.78 is 17.2. The van der Waals surface area contributed by atoms with Crippen LogP contribution in [0.5, 0.6) is 0 Å². The third-order valence-electron chi connectivity index (χ3n) is 5.70. The van der Waals surface area contributed by atoms with Gasteiger partial charge in [0.1, 0.15) is 5.82 Å². The topological polar surface area (TPSA) is 102 Å². The molecule has 5 rings (SSSR count). The van der Waals surface area contributed by atoms with Gasteiger partial charge in [0.15, 0.2) is 10.8 Å². The lowest BCUT2D eigenvalue weighted by Crippen LogP contribution is -2.43. The molecule has 0 atom stereocenters. The number of rotatable bonds is 5. The van der Waals surface area contributed by atoms with Crippen molar-refractivity contribution in [3.63, 3.8) is 0 Å². The molecule has 9 nitrogen and oxygen atoms in total. The lowest BCUT2D eigenvalue weighted by Gasteiger charge is -2.12. The number of hydrazine groups is 1. The van der Waals surface area contributed by atoms with E-state index in [9.17, 15) is 9.18 Å². The second-order valence-corrected chi connectivity index (χ2v) is 8.74.